The molecule has 0 aliphatic heterocycles. The third-order valence-electron chi connectivity index (χ3n) is 2.44. The van der Waals surface area contributed by atoms with Crippen LogP contribution in [0.25, 0.3) is 0 Å². The summed E-state index contributed by atoms with van der Waals surface area (Å²) >= 11 is 0.500. The van der Waals surface area contributed by atoms with Gasteiger partial charge in [-0.1, -0.05) is 50.4 Å². The van der Waals surface area contributed by atoms with Crippen molar-refractivity contribution >= 4 is 8.80 Å². The molecule has 0 saturated heterocycles. The third-order valence-corrected chi connectivity index (χ3v) is 4.66. The number of allylic oxidation sites excluding steroid dienone is 4. The van der Waals surface area contributed by atoms with E-state index in [-0.39, 0.29) is 0 Å². The van der Waals surface area contributed by atoms with Gasteiger partial charge in [0.25, 0.3) is 0 Å². The van der Waals surface area contributed by atoms with Crippen molar-refractivity contribution in [2.75, 3.05) is 0 Å². The van der Waals surface area contributed by atoms with Crippen LogP contribution in [0.1, 0.15) is 20.3 Å². The van der Waals surface area contributed by atoms with Crippen molar-refractivity contribution in [3.63, 3.8) is 0 Å². The van der Waals surface area contributed by atoms with Gasteiger partial charge in [-0.05, 0) is 11.8 Å². The molecule has 80 valence electrons. The molecule has 0 fully saturated rings. The third kappa shape index (κ3) is 4.77. The summed E-state index contributed by atoms with van der Waals surface area (Å²) in [5, 5.41) is 6.22. The van der Waals surface area contributed by atoms with E-state index in [1.807, 2.05) is 0 Å². The quantitative estimate of drug-likeness (QED) is 0.609. The summed E-state index contributed by atoms with van der Waals surface area (Å²) in [7, 11) is -0.567. The molecule has 1 aliphatic rings. The molecule has 0 nitrogen and oxygen atoms in total. The fraction of sp³-hybridized carbons (Fsp3) is 0.667. The van der Waals surface area contributed by atoms with Crippen LogP contribution in [0.15, 0.2) is 23.4 Å². The van der Waals surface area contributed by atoms with Crippen LogP contribution < -0.4 is 0 Å². The molecular formula is C12H24SiTi. The van der Waals surface area contributed by atoms with Gasteiger partial charge in [-0.25, -0.2) is 0 Å². The zero-order valence-corrected chi connectivity index (χ0v) is 13.2. The van der Waals surface area contributed by atoms with Crippen LogP contribution in [0.2, 0.25) is 23.6 Å². The first kappa shape index (κ1) is 14.4. The second-order valence-electron chi connectivity index (χ2n) is 4.79. The SMILES string of the molecule is C[SiH](C)C1=CC=CCC1(C)C.[CH3][Ti][CH3]. The Morgan fingerprint density at radius 3 is 2.07 bits per heavy atom. The van der Waals surface area contributed by atoms with Crippen molar-refractivity contribution in [2.24, 2.45) is 5.41 Å². The van der Waals surface area contributed by atoms with E-state index in [4.69, 9.17) is 0 Å². The average Bonchev–Trinajstić information content (AvgIpc) is 2.03. The predicted octanol–water partition coefficient (Wildman–Crippen LogP) is 4.09. The zero-order chi connectivity index (χ0) is 11.2. The fourth-order valence-electron chi connectivity index (χ4n) is 1.85. The summed E-state index contributed by atoms with van der Waals surface area (Å²) in [5.41, 5.74) is 0.454. The molecule has 0 saturated carbocycles. The Bertz CT molecular complexity index is 214. The van der Waals surface area contributed by atoms with Gasteiger partial charge < -0.3 is 0 Å². The topological polar surface area (TPSA) is 0 Å². The second kappa shape index (κ2) is 6.81. The van der Waals surface area contributed by atoms with E-state index in [1.165, 1.54) is 6.42 Å². The summed E-state index contributed by atoms with van der Waals surface area (Å²) in [6.07, 6.45) is 8.05. The minimum absolute atomic E-state index is 0.454. The van der Waals surface area contributed by atoms with Crippen LogP contribution in [-0.2, 0) is 19.2 Å². The van der Waals surface area contributed by atoms with E-state index < -0.39 is 8.80 Å². The minimum atomic E-state index is -0.567. The Morgan fingerprint density at radius 1 is 1.29 bits per heavy atom. The fourth-order valence-corrected chi connectivity index (χ4v) is 4.03. The standard InChI is InChI=1S/C10H18Si.2CH3.Ti/c1-10(2)8-6-5-7-9(10)11(3)4;;;/h5-7,11H,8H2,1-4H3;2*1H3;. The van der Waals surface area contributed by atoms with Gasteiger partial charge in [-0.3, -0.25) is 0 Å². The van der Waals surface area contributed by atoms with E-state index >= 15 is 0 Å². The van der Waals surface area contributed by atoms with Crippen LogP contribution in [0.3, 0.4) is 0 Å². The second-order valence-corrected chi connectivity index (χ2v) is 9.29. The molecule has 0 spiro atoms. The maximum atomic E-state index is 2.41. The van der Waals surface area contributed by atoms with Crippen LogP contribution in [0, 0.1) is 5.41 Å². The van der Waals surface area contributed by atoms with Gasteiger partial charge >= 0.3 is 29.6 Å². The molecule has 0 atom stereocenters. The molecule has 0 aromatic heterocycles. The molecule has 1 rings (SSSR count). The van der Waals surface area contributed by atoms with Crippen molar-refractivity contribution in [3.8, 4) is 0 Å². The van der Waals surface area contributed by atoms with Crippen molar-refractivity contribution in [1.29, 1.82) is 0 Å². The Morgan fingerprint density at radius 2 is 1.79 bits per heavy atom. The molecule has 0 amide bonds. The Kier molecular flexibility index (Phi) is 7.01. The molecule has 1 aliphatic carbocycles. The summed E-state index contributed by atoms with van der Waals surface area (Å²) < 4.78 is 0. The first-order valence-corrected chi connectivity index (χ1v) is 11.4. The van der Waals surface area contributed by atoms with Crippen molar-refractivity contribution < 1.29 is 19.2 Å². The van der Waals surface area contributed by atoms with Gasteiger partial charge in [0.1, 0.15) is 0 Å². The van der Waals surface area contributed by atoms with E-state index in [9.17, 15) is 0 Å². The first-order chi connectivity index (χ1) is 6.45. The molecule has 0 bridgehead atoms. The molecule has 14 heavy (non-hydrogen) atoms. The van der Waals surface area contributed by atoms with Crippen LogP contribution in [-0.4, -0.2) is 8.80 Å². The molecule has 0 heterocycles. The van der Waals surface area contributed by atoms with Gasteiger partial charge in [-0.15, -0.1) is 0 Å². The zero-order valence-electron chi connectivity index (χ0n) is 10.5. The van der Waals surface area contributed by atoms with Gasteiger partial charge in [0.2, 0.25) is 0 Å². The summed E-state index contributed by atoms with van der Waals surface area (Å²) in [5.74, 6) is 0. The van der Waals surface area contributed by atoms with Gasteiger partial charge in [-0.2, -0.15) is 0 Å². The predicted molar refractivity (Wildman–Crippen MR) is 66.2 cm³/mol. The number of rotatable bonds is 1. The molecule has 0 aromatic rings. The van der Waals surface area contributed by atoms with Crippen molar-refractivity contribution in [1.82, 2.24) is 0 Å². The normalized spacial score (nSPS) is 18.4. The summed E-state index contributed by atoms with van der Waals surface area (Å²) in [4.78, 5) is 0. The van der Waals surface area contributed by atoms with E-state index in [0.29, 0.717) is 24.6 Å². The average molecular weight is 244 g/mol. The van der Waals surface area contributed by atoms with E-state index in [0.717, 1.165) is 0 Å². The molecule has 0 unspecified atom stereocenters. The van der Waals surface area contributed by atoms with Crippen LogP contribution in [0.5, 0.6) is 0 Å². The van der Waals surface area contributed by atoms with Crippen molar-refractivity contribution in [2.45, 2.75) is 43.8 Å². The van der Waals surface area contributed by atoms with Crippen LogP contribution in [0.4, 0.5) is 0 Å². The molecule has 0 aromatic carbocycles. The molecular weight excluding hydrogens is 220 g/mol. The van der Waals surface area contributed by atoms with E-state index in [1.54, 1.807) is 5.20 Å². The van der Waals surface area contributed by atoms with E-state index in [2.05, 4.69) is 55.6 Å². The monoisotopic (exact) mass is 244 g/mol. The van der Waals surface area contributed by atoms with Gasteiger partial charge in [0, 0.05) is 0 Å². The first-order valence-electron chi connectivity index (χ1n) is 5.41. The summed E-state index contributed by atoms with van der Waals surface area (Å²) in [6, 6.07) is 0. The number of hydrogen-bond acceptors (Lipinski definition) is 0. The van der Waals surface area contributed by atoms with Gasteiger partial charge in [0.05, 0.1) is 8.80 Å². The molecule has 0 radical (unpaired) electrons. The summed E-state index contributed by atoms with van der Waals surface area (Å²) in [6.45, 7) is 9.53. The Balaban J connectivity index is 0.000000500. The maximum absolute atomic E-state index is 2.41. The number of hydrogen-bond donors (Lipinski definition) is 0. The Hall–Kier alpha value is 0.411. The van der Waals surface area contributed by atoms with Crippen molar-refractivity contribution in [3.05, 3.63) is 23.4 Å². The molecule has 0 N–H and O–H groups in total. The van der Waals surface area contributed by atoms with Gasteiger partial charge in [0.15, 0.2) is 0 Å². The van der Waals surface area contributed by atoms with Crippen LogP contribution >= 0.6 is 0 Å². The molecule has 2 heteroatoms. The Labute approximate surface area is 100 Å².